The number of carbonyl (C=O) groups excluding carboxylic acids is 1. The van der Waals surface area contributed by atoms with Gasteiger partial charge < -0.3 is 10.4 Å². The second-order valence-corrected chi connectivity index (χ2v) is 7.90. The van der Waals surface area contributed by atoms with Crippen LogP contribution >= 0.6 is 11.8 Å². The summed E-state index contributed by atoms with van der Waals surface area (Å²) >= 11 is 1.56. The van der Waals surface area contributed by atoms with E-state index in [1.165, 1.54) is 6.07 Å². The van der Waals surface area contributed by atoms with Gasteiger partial charge in [0.15, 0.2) is 0 Å². The van der Waals surface area contributed by atoms with E-state index >= 15 is 0 Å². The number of nitrogens with one attached hydrogen (secondary N) is 1. The number of rotatable bonds is 7. The first-order valence-electron chi connectivity index (χ1n) is 9.26. The van der Waals surface area contributed by atoms with Gasteiger partial charge in [-0.25, -0.2) is 4.39 Å². The summed E-state index contributed by atoms with van der Waals surface area (Å²) < 4.78 is 13.9. The number of amides is 1. The van der Waals surface area contributed by atoms with Gasteiger partial charge in [0.25, 0.3) is 5.91 Å². The van der Waals surface area contributed by atoms with Crippen LogP contribution in [0.3, 0.4) is 0 Å². The predicted molar refractivity (Wildman–Crippen MR) is 106 cm³/mol. The highest BCUT2D eigenvalue weighted by atomic mass is 32.2. The molecular formula is C21H25FN2O2S. The van der Waals surface area contributed by atoms with Gasteiger partial charge in [0, 0.05) is 40.9 Å². The van der Waals surface area contributed by atoms with E-state index in [2.05, 4.69) is 10.2 Å². The van der Waals surface area contributed by atoms with E-state index in [-0.39, 0.29) is 24.4 Å². The lowest BCUT2D eigenvalue weighted by molar-refractivity contribution is 0.0900. The van der Waals surface area contributed by atoms with Gasteiger partial charge in [-0.1, -0.05) is 18.2 Å². The Labute approximate surface area is 163 Å². The average molecular weight is 389 g/mol. The van der Waals surface area contributed by atoms with Crippen molar-refractivity contribution in [2.24, 2.45) is 0 Å². The second kappa shape index (κ2) is 9.88. The number of halogens is 1. The van der Waals surface area contributed by atoms with Crippen LogP contribution in [0.15, 0.2) is 53.4 Å². The Kier molecular flexibility index (Phi) is 7.26. The number of aliphatic hydroxyl groups is 1. The van der Waals surface area contributed by atoms with Crippen LogP contribution in [0.25, 0.3) is 0 Å². The fourth-order valence-electron chi connectivity index (χ4n) is 3.32. The van der Waals surface area contributed by atoms with Gasteiger partial charge in [-0.2, -0.15) is 0 Å². The summed E-state index contributed by atoms with van der Waals surface area (Å²) in [6, 6.07) is 14.4. The van der Waals surface area contributed by atoms with Gasteiger partial charge in [0.2, 0.25) is 0 Å². The fraction of sp³-hybridized carbons (Fsp3) is 0.381. The minimum absolute atomic E-state index is 0.0708. The zero-order valence-corrected chi connectivity index (χ0v) is 16.1. The molecule has 3 rings (SSSR count). The molecule has 2 aromatic rings. The number of thioether (sulfide) groups is 1. The highest BCUT2D eigenvalue weighted by Gasteiger charge is 2.22. The number of likely N-dealkylation sites (tertiary alicyclic amines) is 1. The van der Waals surface area contributed by atoms with Gasteiger partial charge in [0.1, 0.15) is 5.82 Å². The Morgan fingerprint density at radius 2 is 2.00 bits per heavy atom. The molecule has 0 spiro atoms. The normalized spacial score (nSPS) is 17.6. The molecule has 1 saturated heterocycles. The van der Waals surface area contributed by atoms with Crippen LogP contribution in [0.1, 0.15) is 28.8 Å². The molecule has 0 bridgehead atoms. The van der Waals surface area contributed by atoms with Crippen LogP contribution in [-0.4, -0.2) is 47.4 Å². The molecule has 1 fully saturated rings. The van der Waals surface area contributed by atoms with Crippen molar-refractivity contribution >= 4 is 17.7 Å². The van der Waals surface area contributed by atoms with E-state index in [0.717, 1.165) is 30.8 Å². The van der Waals surface area contributed by atoms with Crippen molar-refractivity contribution in [2.75, 3.05) is 25.4 Å². The summed E-state index contributed by atoms with van der Waals surface area (Å²) in [5.74, 6) is 0.389. The molecule has 27 heavy (non-hydrogen) atoms. The zero-order chi connectivity index (χ0) is 19.1. The molecule has 4 nitrogen and oxygen atoms in total. The van der Waals surface area contributed by atoms with Crippen molar-refractivity contribution in [2.45, 2.75) is 30.3 Å². The number of piperidine rings is 1. The monoisotopic (exact) mass is 388 g/mol. The Bertz CT molecular complexity index is 754. The molecule has 6 heteroatoms. The van der Waals surface area contributed by atoms with Crippen LogP contribution < -0.4 is 5.32 Å². The lowest BCUT2D eigenvalue weighted by Gasteiger charge is -2.33. The maximum absolute atomic E-state index is 13.9. The first kappa shape index (κ1) is 19.9. The largest absolute Gasteiger partial charge is 0.396 e. The average Bonchev–Trinajstić information content (AvgIpc) is 2.69. The summed E-state index contributed by atoms with van der Waals surface area (Å²) in [4.78, 5) is 15.8. The standard InChI is InChI=1S/C21H25FN2O2S/c22-20-6-2-1-4-17(20)14-24-11-3-5-18(15-24)23-21(26)16-7-9-19(10-8-16)27-13-12-25/h1-2,4,6-10,18,25H,3,5,11-15H2,(H,23,26). The highest BCUT2D eigenvalue weighted by Crippen LogP contribution is 2.19. The molecule has 1 unspecified atom stereocenters. The topological polar surface area (TPSA) is 52.6 Å². The summed E-state index contributed by atoms with van der Waals surface area (Å²) in [5.41, 5.74) is 1.33. The molecular weight excluding hydrogens is 363 g/mol. The summed E-state index contributed by atoms with van der Waals surface area (Å²) in [6.45, 7) is 2.34. The Balaban J connectivity index is 1.54. The Morgan fingerprint density at radius 1 is 1.22 bits per heavy atom. The number of hydrogen-bond acceptors (Lipinski definition) is 4. The third-order valence-corrected chi connectivity index (χ3v) is 5.66. The SMILES string of the molecule is O=C(NC1CCCN(Cc2ccccc2F)C1)c1ccc(SCCO)cc1. The molecule has 1 amide bonds. The molecule has 1 aliphatic heterocycles. The maximum atomic E-state index is 13.9. The molecule has 2 aromatic carbocycles. The first-order valence-corrected chi connectivity index (χ1v) is 10.2. The molecule has 0 aromatic heterocycles. The van der Waals surface area contributed by atoms with Gasteiger partial charge in [-0.05, 0) is 49.7 Å². The number of aliphatic hydroxyl groups excluding tert-OH is 1. The van der Waals surface area contributed by atoms with E-state index in [4.69, 9.17) is 5.11 Å². The molecule has 0 radical (unpaired) electrons. The van der Waals surface area contributed by atoms with Gasteiger partial charge in [-0.15, -0.1) is 11.8 Å². The molecule has 1 atom stereocenters. The third kappa shape index (κ3) is 5.79. The van der Waals surface area contributed by atoms with Gasteiger partial charge in [-0.3, -0.25) is 9.69 Å². The highest BCUT2D eigenvalue weighted by molar-refractivity contribution is 7.99. The smallest absolute Gasteiger partial charge is 0.251 e. The van der Waals surface area contributed by atoms with Crippen molar-refractivity contribution in [3.63, 3.8) is 0 Å². The summed E-state index contributed by atoms with van der Waals surface area (Å²) in [5, 5.41) is 12.0. The number of benzene rings is 2. The van der Waals surface area contributed by atoms with Crippen LogP contribution in [-0.2, 0) is 6.54 Å². The molecule has 1 heterocycles. The minimum Gasteiger partial charge on any atom is -0.396 e. The Hall–Kier alpha value is -1.89. The maximum Gasteiger partial charge on any atom is 0.251 e. The molecule has 1 aliphatic rings. The van der Waals surface area contributed by atoms with E-state index in [1.54, 1.807) is 17.8 Å². The molecule has 0 saturated carbocycles. The number of hydrogen-bond donors (Lipinski definition) is 2. The van der Waals surface area contributed by atoms with E-state index in [1.807, 2.05) is 36.4 Å². The number of nitrogens with zero attached hydrogens (tertiary/aromatic N) is 1. The summed E-state index contributed by atoms with van der Waals surface area (Å²) in [7, 11) is 0. The van der Waals surface area contributed by atoms with Crippen molar-refractivity contribution in [3.05, 3.63) is 65.5 Å². The number of carbonyl (C=O) groups is 1. The van der Waals surface area contributed by atoms with E-state index < -0.39 is 0 Å². The second-order valence-electron chi connectivity index (χ2n) is 6.74. The summed E-state index contributed by atoms with van der Waals surface area (Å²) in [6.07, 6.45) is 1.92. The molecule has 0 aliphatic carbocycles. The van der Waals surface area contributed by atoms with Crippen LogP contribution in [0.5, 0.6) is 0 Å². The third-order valence-electron chi connectivity index (χ3n) is 4.67. The van der Waals surface area contributed by atoms with Crippen molar-refractivity contribution in [1.29, 1.82) is 0 Å². The minimum atomic E-state index is -0.178. The first-order chi connectivity index (χ1) is 13.2. The molecule has 144 valence electrons. The van der Waals surface area contributed by atoms with E-state index in [0.29, 0.717) is 23.4 Å². The fourth-order valence-corrected chi connectivity index (χ4v) is 3.97. The van der Waals surface area contributed by atoms with E-state index in [9.17, 15) is 9.18 Å². The van der Waals surface area contributed by atoms with Crippen molar-refractivity contribution in [1.82, 2.24) is 10.2 Å². The quantitative estimate of drug-likeness (QED) is 0.715. The predicted octanol–water partition coefficient (Wildman–Crippen LogP) is 3.30. The van der Waals surface area contributed by atoms with Crippen molar-refractivity contribution in [3.8, 4) is 0 Å². The lowest BCUT2D eigenvalue weighted by atomic mass is 10.0. The van der Waals surface area contributed by atoms with Crippen LogP contribution in [0.2, 0.25) is 0 Å². The molecule has 2 N–H and O–H groups in total. The van der Waals surface area contributed by atoms with Crippen LogP contribution in [0.4, 0.5) is 4.39 Å². The zero-order valence-electron chi connectivity index (χ0n) is 15.2. The van der Waals surface area contributed by atoms with Crippen LogP contribution in [0, 0.1) is 5.82 Å². The Morgan fingerprint density at radius 3 is 2.74 bits per heavy atom. The lowest BCUT2D eigenvalue weighted by Crippen LogP contribution is -2.47. The van der Waals surface area contributed by atoms with Crippen molar-refractivity contribution < 1.29 is 14.3 Å². The van der Waals surface area contributed by atoms with Gasteiger partial charge >= 0.3 is 0 Å². The van der Waals surface area contributed by atoms with Gasteiger partial charge in [0.05, 0.1) is 6.61 Å².